The number of amides is 2. The summed E-state index contributed by atoms with van der Waals surface area (Å²) in [6.45, 7) is 7.67. The van der Waals surface area contributed by atoms with Gasteiger partial charge in [0.1, 0.15) is 5.82 Å². The third-order valence-electron chi connectivity index (χ3n) is 5.69. The molecule has 1 aromatic heterocycles. The van der Waals surface area contributed by atoms with Gasteiger partial charge in [-0.2, -0.15) is 0 Å². The summed E-state index contributed by atoms with van der Waals surface area (Å²) in [5.74, 6) is -0.334. The Morgan fingerprint density at radius 2 is 1.91 bits per heavy atom. The van der Waals surface area contributed by atoms with E-state index in [1.807, 2.05) is 0 Å². The number of piperidine rings is 1. The van der Waals surface area contributed by atoms with Crippen LogP contribution in [0.4, 0.5) is 11.5 Å². The van der Waals surface area contributed by atoms with Gasteiger partial charge in [-0.1, -0.05) is 22.8 Å². The first-order valence-corrected chi connectivity index (χ1v) is 11.0. The zero-order valence-electron chi connectivity index (χ0n) is 18.4. The van der Waals surface area contributed by atoms with Crippen molar-refractivity contribution in [2.24, 2.45) is 11.1 Å². The van der Waals surface area contributed by atoms with Gasteiger partial charge in [0, 0.05) is 18.2 Å². The monoisotopic (exact) mass is 457 g/mol. The molecule has 0 spiro atoms. The van der Waals surface area contributed by atoms with Crippen LogP contribution in [0.1, 0.15) is 49.5 Å². The molecule has 1 saturated heterocycles. The summed E-state index contributed by atoms with van der Waals surface area (Å²) in [6, 6.07) is 8.59. The number of carbonyl (C=O) groups is 2. The van der Waals surface area contributed by atoms with Crippen LogP contribution in [-0.2, 0) is 4.79 Å². The molecule has 32 heavy (non-hydrogen) atoms. The average molecular weight is 458 g/mol. The van der Waals surface area contributed by atoms with E-state index in [2.05, 4.69) is 39.5 Å². The van der Waals surface area contributed by atoms with E-state index in [9.17, 15) is 9.59 Å². The van der Waals surface area contributed by atoms with Crippen LogP contribution < -0.4 is 10.6 Å². The highest BCUT2D eigenvalue weighted by atomic mass is 35.5. The molecule has 0 atom stereocenters. The molecule has 1 fully saturated rings. The number of anilines is 2. The Morgan fingerprint density at radius 1 is 1.19 bits per heavy atom. The normalized spacial score (nSPS) is 15.6. The van der Waals surface area contributed by atoms with E-state index in [0.29, 0.717) is 33.8 Å². The van der Waals surface area contributed by atoms with Gasteiger partial charge in [0.2, 0.25) is 5.91 Å². The van der Waals surface area contributed by atoms with Gasteiger partial charge >= 0.3 is 0 Å². The van der Waals surface area contributed by atoms with E-state index in [-0.39, 0.29) is 17.4 Å². The molecule has 0 unspecified atom stereocenters. The van der Waals surface area contributed by atoms with Gasteiger partial charge in [-0.15, -0.1) is 0 Å². The minimum atomic E-state index is -0.447. The molecule has 170 valence electrons. The van der Waals surface area contributed by atoms with Gasteiger partial charge in [0.15, 0.2) is 0 Å². The summed E-state index contributed by atoms with van der Waals surface area (Å²) in [6.07, 6.45) is 2.98. The molecule has 3 rings (SSSR count). The van der Waals surface area contributed by atoms with Crippen molar-refractivity contribution in [3.05, 3.63) is 52.7 Å². The van der Waals surface area contributed by atoms with Crippen molar-refractivity contribution in [2.75, 3.05) is 23.7 Å². The second-order valence-electron chi connectivity index (χ2n) is 8.15. The molecule has 2 amide bonds. The predicted octanol–water partition coefficient (Wildman–Crippen LogP) is 4.24. The highest BCUT2D eigenvalue weighted by Gasteiger charge is 2.27. The van der Waals surface area contributed by atoms with Crippen molar-refractivity contribution in [1.29, 1.82) is 0 Å². The molecule has 0 bridgehead atoms. The minimum absolute atomic E-state index is 0.104. The van der Waals surface area contributed by atoms with Crippen LogP contribution in [0, 0.1) is 5.92 Å². The topological polar surface area (TPSA) is 107 Å². The van der Waals surface area contributed by atoms with Gasteiger partial charge in [-0.25, -0.2) is 4.98 Å². The zero-order valence-corrected chi connectivity index (χ0v) is 19.2. The van der Waals surface area contributed by atoms with Crippen LogP contribution in [0.25, 0.3) is 0 Å². The molecular weight excluding hydrogens is 430 g/mol. The van der Waals surface area contributed by atoms with Crippen molar-refractivity contribution < 1.29 is 14.8 Å². The number of oxime groups is 1. The predicted molar refractivity (Wildman–Crippen MR) is 126 cm³/mol. The second kappa shape index (κ2) is 10.6. The lowest BCUT2D eigenvalue weighted by molar-refractivity contribution is -0.121. The molecule has 0 aliphatic carbocycles. The Hall–Kier alpha value is -2.97. The fourth-order valence-corrected chi connectivity index (χ4v) is 3.78. The maximum atomic E-state index is 13.0. The quantitative estimate of drug-likeness (QED) is 0.341. The first kappa shape index (κ1) is 23.7. The summed E-state index contributed by atoms with van der Waals surface area (Å²) in [4.78, 5) is 32.4. The summed E-state index contributed by atoms with van der Waals surface area (Å²) in [5, 5.41) is 18.4. The van der Waals surface area contributed by atoms with Gasteiger partial charge < -0.3 is 20.7 Å². The highest BCUT2D eigenvalue weighted by molar-refractivity contribution is 6.30. The van der Waals surface area contributed by atoms with Crippen molar-refractivity contribution in [3.63, 3.8) is 0 Å². The SMILES string of the molecule is C/C(=N/O)c1ccc(NC(=O)C2CCN(C(C)C)CC2)c(C(=O)Nc2ccc(Cl)cn2)c1. The van der Waals surface area contributed by atoms with Crippen molar-refractivity contribution in [1.82, 2.24) is 9.88 Å². The summed E-state index contributed by atoms with van der Waals surface area (Å²) in [5.41, 5.74) is 1.55. The van der Waals surface area contributed by atoms with Gasteiger partial charge in [-0.05, 0) is 76.5 Å². The molecule has 2 heterocycles. The number of likely N-dealkylation sites (tertiary alicyclic amines) is 1. The maximum absolute atomic E-state index is 13.0. The molecule has 1 aliphatic heterocycles. The van der Waals surface area contributed by atoms with Crippen LogP contribution in [0.5, 0.6) is 0 Å². The number of rotatable bonds is 6. The number of hydrogen-bond donors (Lipinski definition) is 3. The molecule has 3 N–H and O–H groups in total. The Labute approximate surface area is 192 Å². The lowest BCUT2D eigenvalue weighted by Crippen LogP contribution is -2.41. The number of benzene rings is 1. The summed E-state index contributed by atoms with van der Waals surface area (Å²) < 4.78 is 0. The fraction of sp³-hybridized carbons (Fsp3) is 0.391. The van der Waals surface area contributed by atoms with Crippen LogP contribution in [0.15, 0.2) is 41.7 Å². The molecule has 0 saturated carbocycles. The average Bonchev–Trinajstić information content (AvgIpc) is 2.80. The molecule has 9 heteroatoms. The van der Waals surface area contributed by atoms with Crippen LogP contribution in [0.3, 0.4) is 0 Å². The number of carbonyl (C=O) groups excluding carboxylic acids is 2. The molecule has 1 aromatic carbocycles. The van der Waals surface area contributed by atoms with Crippen LogP contribution in [-0.4, -0.2) is 51.7 Å². The highest BCUT2D eigenvalue weighted by Crippen LogP contribution is 2.24. The Bertz CT molecular complexity index is 999. The third kappa shape index (κ3) is 5.83. The molecule has 1 aliphatic rings. The second-order valence-corrected chi connectivity index (χ2v) is 8.59. The summed E-state index contributed by atoms with van der Waals surface area (Å²) >= 11 is 5.86. The van der Waals surface area contributed by atoms with Crippen molar-refractivity contribution in [2.45, 2.75) is 39.7 Å². The molecule has 2 aromatic rings. The first-order valence-electron chi connectivity index (χ1n) is 10.6. The Kier molecular flexibility index (Phi) is 7.82. The van der Waals surface area contributed by atoms with Gasteiger partial charge in [0.05, 0.1) is 22.0 Å². The Morgan fingerprint density at radius 3 is 2.50 bits per heavy atom. The molecular formula is C23H28ClN5O3. The van der Waals surface area contributed by atoms with E-state index < -0.39 is 5.91 Å². The Balaban J connectivity index is 1.80. The van der Waals surface area contributed by atoms with E-state index in [4.69, 9.17) is 16.8 Å². The standard InChI is InChI=1S/C23H28ClN5O3/c1-14(2)29-10-8-16(9-11-29)22(30)26-20-6-4-17(15(3)28-32)12-19(20)23(31)27-21-7-5-18(24)13-25-21/h4-7,12-14,16,32H,8-11H2,1-3H3,(H,26,30)(H,25,27,31)/b28-15-. The van der Waals surface area contributed by atoms with Gasteiger partial charge in [0.25, 0.3) is 5.91 Å². The molecule has 0 radical (unpaired) electrons. The smallest absolute Gasteiger partial charge is 0.258 e. The van der Waals surface area contributed by atoms with E-state index in [1.54, 1.807) is 37.3 Å². The lowest BCUT2D eigenvalue weighted by atomic mass is 9.94. The number of hydrogen-bond acceptors (Lipinski definition) is 6. The number of pyridine rings is 1. The van der Waals surface area contributed by atoms with E-state index in [1.165, 1.54) is 6.20 Å². The number of nitrogens with one attached hydrogen (secondary N) is 2. The van der Waals surface area contributed by atoms with E-state index in [0.717, 1.165) is 25.9 Å². The lowest BCUT2D eigenvalue weighted by Gasteiger charge is -2.34. The van der Waals surface area contributed by atoms with Crippen LogP contribution >= 0.6 is 11.6 Å². The number of halogens is 1. The zero-order chi connectivity index (χ0) is 23.3. The number of nitrogens with zero attached hydrogens (tertiary/aromatic N) is 3. The molecule has 8 nitrogen and oxygen atoms in total. The van der Waals surface area contributed by atoms with Crippen molar-refractivity contribution >= 4 is 40.6 Å². The van der Waals surface area contributed by atoms with Crippen LogP contribution in [0.2, 0.25) is 5.02 Å². The first-order chi connectivity index (χ1) is 15.3. The van der Waals surface area contributed by atoms with Crippen molar-refractivity contribution in [3.8, 4) is 0 Å². The number of aromatic nitrogens is 1. The fourth-order valence-electron chi connectivity index (χ4n) is 3.67. The van der Waals surface area contributed by atoms with E-state index >= 15 is 0 Å². The summed E-state index contributed by atoms with van der Waals surface area (Å²) in [7, 11) is 0. The largest absolute Gasteiger partial charge is 0.411 e. The minimum Gasteiger partial charge on any atom is -0.411 e. The maximum Gasteiger partial charge on any atom is 0.258 e. The van der Waals surface area contributed by atoms with Gasteiger partial charge in [-0.3, -0.25) is 9.59 Å². The third-order valence-corrected chi connectivity index (χ3v) is 5.91.